The summed E-state index contributed by atoms with van der Waals surface area (Å²) < 4.78 is 2.11. The molecule has 1 unspecified atom stereocenters. The van der Waals surface area contributed by atoms with E-state index in [9.17, 15) is 0 Å². The molecule has 0 nitrogen and oxygen atoms in total. The molecular weight excluding hydrogens is 331 g/mol. The van der Waals surface area contributed by atoms with Crippen LogP contribution < -0.4 is 10.6 Å². The molecule has 0 saturated carbocycles. The predicted molar refractivity (Wildman–Crippen MR) is 80.4 cm³/mol. The fraction of sp³-hybridized carbons (Fsp3) is 0. The third kappa shape index (κ3) is 4.11. The molecule has 0 heterocycles. The predicted octanol–water partition coefficient (Wildman–Crippen LogP) is 3.32. The van der Waals surface area contributed by atoms with Gasteiger partial charge in [0.25, 0.3) is 0 Å². The van der Waals surface area contributed by atoms with Gasteiger partial charge in [-0.25, -0.2) is 0 Å². The molecule has 0 spiro atoms. The standard InChI is InChI=1S/C12H10P.C2H3.H3P.Ru/c1-3-7-11(8-4-1)13-12-9-5-2-6-10-12;1-2;;/h1-10H;1H,2H2;1H3;/q-1;;;+1. The van der Waals surface area contributed by atoms with E-state index in [0.717, 1.165) is 0 Å². The first kappa shape index (κ1) is 14.7. The monoisotopic (exact) mass is 348 g/mol. The van der Waals surface area contributed by atoms with E-state index in [1.165, 1.54) is 10.6 Å². The van der Waals surface area contributed by atoms with Gasteiger partial charge in [-0.15, -0.1) is 0 Å². The van der Waals surface area contributed by atoms with Crippen molar-refractivity contribution < 1.29 is 16.6 Å². The Morgan fingerprint density at radius 2 is 1.24 bits per heavy atom. The van der Waals surface area contributed by atoms with E-state index in [1.54, 1.807) is 0 Å². The fourth-order valence-electron chi connectivity index (χ4n) is 1.43. The van der Waals surface area contributed by atoms with Crippen molar-refractivity contribution in [2.24, 2.45) is 0 Å². The van der Waals surface area contributed by atoms with Gasteiger partial charge in [-0.3, -0.25) is 0 Å². The summed E-state index contributed by atoms with van der Waals surface area (Å²) in [6, 6.07) is 21.6. The van der Waals surface area contributed by atoms with Gasteiger partial charge >= 0.3 is 105 Å². The van der Waals surface area contributed by atoms with Crippen molar-refractivity contribution in [2.75, 3.05) is 0 Å². The van der Waals surface area contributed by atoms with Crippen LogP contribution in [0.15, 0.2) is 71.9 Å². The van der Waals surface area contributed by atoms with Crippen LogP contribution in [0.1, 0.15) is 0 Å². The molecule has 2 rings (SSSR count). The molecule has 2 aromatic rings. The van der Waals surface area contributed by atoms with Crippen LogP contribution in [0.3, 0.4) is 0 Å². The second-order valence-electron chi connectivity index (χ2n) is 3.18. The van der Waals surface area contributed by atoms with Gasteiger partial charge in [-0.2, -0.15) is 9.90 Å². The summed E-state index contributed by atoms with van der Waals surface area (Å²) in [5.74, 6) is 0. The average Bonchev–Trinajstić information content (AvgIpc) is 2.38. The summed E-state index contributed by atoms with van der Waals surface area (Å²) in [6.07, 6.45) is -0.179. The van der Waals surface area contributed by atoms with E-state index in [1.807, 2.05) is 0 Å². The first-order valence-electron chi connectivity index (χ1n) is 5.04. The molecule has 0 bridgehead atoms. The Hall–Kier alpha value is -0.337. The first-order chi connectivity index (χ1) is 7.92. The van der Waals surface area contributed by atoms with Crippen molar-refractivity contribution in [3.05, 3.63) is 71.9 Å². The van der Waals surface area contributed by atoms with E-state index in [0.29, 0.717) is 0 Å². The minimum Gasteiger partial charge on any atom is -0.153 e. The second-order valence-corrected chi connectivity index (χ2v) is 9.32. The molecule has 1 atom stereocenters. The van der Waals surface area contributed by atoms with E-state index >= 15 is 0 Å². The van der Waals surface area contributed by atoms with Crippen LogP contribution in [0.5, 0.6) is 0 Å². The van der Waals surface area contributed by atoms with Crippen LogP contribution in [-0.4, -0.2) is 0 Å². The molecule has 0 aliphatic rings. The van der Waals surface area contributed by atoms with Crippen molar-refractivity contribution in [3.63, 3.8) is 0 Å². The van der Waals surface area contributed by atoms with Crippen molar-refractivity contribution in [2.45, 2.75) is 0 Å². The summed E-state index contributed by atoms with van der Waals surface area (Å²) in [4.78, 5) is 0. The van der Waals surface area contributed by atoms with Gasteiger partial charge in [0.15, 0.2) is 0 Å². The third-order valence-electron chi connectivity index (χ3n) is 2.11. The summed E-state index contributed by atoms with van der Waals surface area (Å²) in [5, 5.41) is 2.92. The zero-order chi connectivity index (χ0) is 11.2. The minimum atomic E-state index is -0.179. The largest absolute Gasteiger partial charge is 0.153 e. The van der Waals surface area contributed by atoms with Gasteiger partial charge in [-0.05, 0) is 0 Å². The van der Waals surface area contributed by atoms with Crippen LogP contribution >= 0.6 is 16.2 Å². The smallest absolute Gasteiger partial charge is 0.153 e. The molecule has 2 aromatic carbocycles. The molecule has 0 aliphatic carbocycles. The Morgan fingerprint density at radius 1 is 0.824 bits per heavy atom. The number of hydrogen-bond donors (Lipinski definition) is 0. The van der Waals surface area contributed by atoms with Gasteiger partial charge in [0, 0.05) is 0 Å². The van der Waals surface area contributed by atoms with Crippen LogP contribution in [0.2, 0.25) is 0 Å². The number of rotatable bonds is 4. The average molecular weight is 347 g/mol. The van der Waals surface area contributed by atoms with Crippen molar-refractivity contribution in [3.8, 4) is 0 Å². The Kier molecular flexibility index (Phi) is 6.83. The summed E-state index contributed by atoms with van der Waals surface area (Å²) in [7, 11) is 0. The SMILES string of the molecule is C=[CH][Ru][P](c1ccccc1)c1ccccc1.P. The van der Waals surface area contributed by atoms with Crippen molar-refractivity contribution >= 4 is 26.8 Å². The van der Waals surface area contributed by atoms with Crippen LogP contribution in [0, 0.1) is 0 Å². The third-order valence-corrected chi connectivity index (χ3v) is 8.89. The van der Waals surface area contributed by atoms with E-state index in [-0.39, 0.29) is 32.8 Å². The summed E-state index contributed by atoms with van der Waals surface area (Å²) >= 11 is 0.217. The summed E-state index contributed by atoms with van der Waals surface area (Å²) in [6.45, 7) is 3.91. The maximum Gasteiger partial charge on any atom is -0.153 e. The Morgan fingerprint density at radius 3 is 1.59 bits per heavy atom. The van der Waals surface area contributed by atoms with Gasteiger partial charge in [0.1, 0.15) is 0 Å². The van der Waals surface area contributed by atoms with Gasteiger partial charge in [0.05, 0.1) is 0 Å². The maximum atomic E-state index is 3.91. The molecule has 0 N–H and O–H groups in total. The molecule has 3 heteroatoms. The van der Waals surface area contributed by atoms with E-state index < -0.39 is 0 Å². The molecule has 17 heavy (non-hydrogen) atoms. The Labute approximate surface area is 115 Å². The molecule has 0 saturated heterocycles. The number of benzene rings is 2. The molecule has 0 aromatic heterocycles. The molecule has 0 aliphatic heterocycles. The van der Waals surface area contributed by atoms with Crippen LogP contribution in [-0.2, 0) is 16.6 Å². The molecule has 90 valence electrons. The van der Waals surface area contributed by atoms with Crippen LogP contribution in [0.4, 0.5) is 0 Å². The fourth-order valence-corrected chi connectivity index (χ4v) is 6.98. The quantitative estimate of drug-likeness (QED) is 0.588. The van der Waals surface area contributed by atoms with Crippen LogP contribution in [0.25, 0.3) is 0 Å². The maximum absolute atomic E-state index is 3.91. The van der Waals surface area contributed by atoms with Gasteiger partial charge in [0.2, 0.25) is 0 Å². The minimum absolute atomic E-state index is 0. The van der Waals surface area contributed by atoms with E-state index in [4.69, 9.17) is 0 Å². The Balaban J connectivity index is 0.00000144. The van der Waals surface area contributed by atoms with Gasteiger partial charge in [-0.1, -0.05) is 0 Å². The van der Waals surface area contributed by atoms with E-state index in [2.05, 4.69) is 71.9 Å². The van der Waals surface area contributed by atoms with Crippen molar-refractivity contribution in [1.29, 1.82) is 0 Å². The van der Waals surface area contributed by atoms with Gasteiger partial charge < -0.3 is 0 Å². The molecule has 0 amide bonds. The zero-order valence-corrected chi connectivity index (χ0v) is 13.6. The molecule has 0 radical (unpaired) electrons. The van der Waals surface area contributed by atoms with Crippen molar-refractivity contribution in [1.82, 2.24) is 0 Å². The number of hydrogen-bond acceptors (Lipinski definition) is 0. The second kappa shape index (κ2) is 7.89. The topological polar surface area (TPSA) is 0 Å². The Bertz CT molecular complexity index is 403. The molecular formula is C14H16P2Ru. The first-order valence-corrected chi connectivity index (χ1v) is 9.59. The molecule has 0 fully saturated rings. The summed E-state index contributed by atoms with van der Waals surface area (Å²) in [5.41, 5.74) is 0. The normalized spacial score (nSPS) is 9.94. The zero-order valence-electron chi connectivity index (χ0n) is 9.57.